The van der Waals surface area contributed by atoms with Gasteiger partial charge in [-0.15, -0.1) is 0 Å². The molecule has 3 aromatic carbocycles. The highest BCUT2D eigenvalue weighted by Gasteiger charge is 2.02. The summed E-state index contributed by atoms with van der Waals surface area (Å²) < 4.78 is 17.2. The van der Waals surface area contributed by atoms with Crippen LogP contribution in [0.15, 0.2) is 72.8 Å². The predicted molar refractivity (Wildman–Crippen MR) is 196 cm³/mol. The molecular weight excluding hydrogens is 552 g/mol. The van der Waals surface area contributed by atoms with Crippen molar-refractivity contribution in [2.45, 2.75) is 120 Å². The number of hydrogen-bond donors (Lipinski definition) is 0. The van der Waals surface area contributed by atoms with E-state index in [9.17, 15) is 0 Å². The molecule has 0 N–H and O–H groups in total. The summed E-state index contributed by atoms with van der Waals surface area (Å²) in [5.74, 6) is 5.22. The number of ether oxygens (including phenoxy) is 3. The third kappa shape index (κ3) is 20.7. The van der Waals surface area contributed by atoms with Crippen molar-refractivity contribution in [1.29, 1.82) is 0 Å². The lowest BCUT2D eigenvalue weighted by molar-refractivity contribution is 0.287. The van der Waals surface area contributed by atoms with Gasteiger partial charge in [-0.3, -0.25) is 0 Å². The van der Waals surface area contributed by atoms with Crippen molar-refractivity contribution in [3.63, 3.8) is 0 Å². The van der Waals surface area contributed by atoms with Crippen LogP contribution in [0, 0.1) is 17.8 Å². The van der Waals surface area contributed by atoms with Gasteiger partial charge in [0, 0.05) is 0 Å². The molecule has 0 amide bonds. The van der Waals surface area contributed by atoms with Gasteiger partial charge in [-0.25, -0.2) is 0 Å². The molecule has 0 unspecified atom stereocenters. The van der Waals surface area contributed by atoms with Gasteiger partial charge in [0.25, 0.3) is 0 Å². The smallest absolute Gasteiger partial charge is 0.122 e. The van der Waals surface area contributed by atoms with E-state index < -0.39 is 0 Å². The van der Waals surface area contributed by atoms with Gasteiger partial charge in [-0.2, -0.15) is 0 Å². The Kier molecular flexibility index (Phi) is 22.5. The molecule has 0 spiro atoms. The molecule has 45 heavy (non-hydrogen) atoms. The molecule has 3 aromatic rings. The largest absolute Gasteiger partial charge is 0.494 e. The van der Waals surface area contributed by atoms with Gasteiger partial charge in [-0.1, -0.05) is 124 Å². The van der Waals surface area contributed by atoms with E-state index in [1.54, 1.807) is 0 Å². The molecule has 0 saturated heterocycles. The molecule has 0 bridgehead atoms. The molecule has 252 valence electrons. The maximum atomic E-state index is 5.80. The Morgan fingerprint density at radius 1 is 0.467 bits per heavy atom. The minimum atomic E-state index is 0.711. The minimum Gasteiger partial charge on any atom is -0.494 e. The summed E-state index contributed by atoms with van der Waals surface area (Å²) in [6.07, 6.45) is 10.3. The summed E-state index contributed by atoms with van der Waals surface area (Å²) in [4.78, 5) is 0. The van der Waals surface area contributed by atoms with Crippen molar-refractivity contribution in [3.8, 4) is 17.2 Å². The van der Waals surface area contributed by atoms with Gasteiger partial charge in [0.05, 0.1) is 19.8 Å². The third-order valence-corrected chi connectivity index (χ3v) is 7.27. The molecule has 0 atom stereocenters. The molecule has 0 aliphatic carbocycles. The van der Waals surface area contributed by atoms with Gasteiger partial charge < -0.3 is 14.2 Å². The van der Waals surface area contributed by atoms with Gasteiger partial charge in [0.1, 0.15) is 17.2 Å². The van der Waals surface area contributed by atoms with Crippen LogP contribution in [0.1, 0.15) is 118 Å². The molecule has 3 heteroatoms. The standard InChI is InChI=1S/3C14H22O/c1-4-7-13-8-5-6-9-14(13)15-11-10-12(2)3;1-4-6-13-7-5-8-14(11-13)15-10-9-12(2)3;1-4-5-13-6-8-14(9-7-13)15-11-10-12(2)3/h5-6,8-9,12H,4,7,10-11H2,1-3H3;5,7-8,11-12H,4,6,9-10H2,1-3H3;6-9,12H,4-5,10-11H2,1-3H3. The van der Waals surface area contributed by atoms with E-state index in [-0.39, 0.29) is 0 Å². The van der Waals surface area contributed by atoms with E-state index in [1.165, 1.54) is 36.0 Å². The highest BCUT2D eigenvalue weighted by molar-refractivity contribution is 5.33. The van der Waals surface area contributed by atoms with Crippen molar-refractivity contribution < 1.29 is 14.2 Å². The Morgan fingerprint density at radius 3 is 1.53 bits per heavy atom. The number of benzene rings is 3. The molecule has 0 saturated carbocycles. The summed E-state index contributed by atoms with van der Waals surface area (Å²) in [5.41, 5.74) is 4.11. The fraction of sp³-hybridized carbons (Fsp3) is 0.571. The molecule has 0 fully saturated rings. The fourth-order valence-electron chi connectivity index (χ4n) is 4.47. The average molecular weight is 619 g/mol. The van der Waals surface area contributed by atoms with Crippen molar-refractivity contribution in [2.24, 2.45) is 17.8 Å². The van der Waals surface area contributed by atoms with Gasteiger partial charge in [-0.05, 0) is 103 Å². The molecule has 0 aliphatic rings. The van der Waals surface area contributed by atoms with E-state index in [4.69, 9.17) is 14.2 Å². The average Bonchev–Trinajstić information content (AvgIpc) is 3.00. The Morgan fingerprint density at radius 2 is 0.978 bits per heavy atom. The van der Waals surface area contributed by atoms with Gasteiger partial charge in [0.15, 0.2) is 0 Å². The Bertz CT molecular complexity index is 1100. The lowest BCUT2D eigenvalue weighted by Gasteiger charge is -2.11. The summed E-state index contributed by atoms with van der Waals surface area (Å²) >= 11 is 0. The van der Waals surface area contributed by atoms with Crippen LogP contribution in [0.5, 0.6) is 17.2 Å². The summed E-state index contributed by atoms with van der Waals surface area (Å²) in [5, 5.41) is 0. The van der Waals surface area contributed by atoms with Crippen LogP contribution in [0.25, 0.3) is 0 Å². The first-order valence-corrected chi connectivity index (χ1v) is 17.8. The normalized spacial score (nSPS) is 10.7. The highest BCUT2D eigenvalue weighted by atomic mass is 16.5. The van der Waals surface area contributed by atoms with Crippen LogP contribution in [0.3, 0.4) is 0 Å². The zero-order valence-electron chi connectivity index (χ0n) is 30.4. The molecule has 3 nitrogen and oxygen atoms in total. The number of rotatable bonds is 18. The van der Waals surface area contributed by atoms with E-state index in [2.05, 4.69) is 123 Å². The summed E-state index contributed by atoms with van der Waals surface area (Å²) in [7, 11) is 0. The van der Waals surface area contributed by atoms with Gasteiger partial charge >= 0.3 is 0 Å². The van der Waals surface area contributed by atoms with Crippen LogP contribution in [0.4, 0.5) is 0 Å². The highest BCUT2D eigenvalue weighted by Crippen LogP contribution is 2.20. The van der Waals surface area contributed by atoms with E-state index in [0.29, 0.717) is 17.8 Å². The molecule has 0 radical (unpaired) electrons. The Balaban J connectivity index is 0.000000337. The van der Waals surface area contributed by atoms with Crippen LogP contribution >= 0.6 is 0 Å². The second kappa shape index (κ2) is 25.3. The molecule has 0 aromatic heterocycles. The van der Waals surface area contributed by atoms with E-state index >= 15 is 0 Å². The molecular formula is C42H66O3. The maximum Gasteiger partial charge on any atom is 0.122 e. The Labute approximate surface area is 278 Å². The quantitative estimate of drug-likeness (QED) is 0.142. The van der Waals surface area contributed by atoms with Crippen molar-refractivity contribution in [3.05, 3.63) is 89.5 Å². The second-order valence-electron chi connectivity index (χ2n) is 13.2. The van der Waals surface area contributed by atoms with Crippen LogP contribution in [0.2, 0.25) is 0 Å². The first-order valence-electron chi connectivity index (χ1n) is 17.8. The topological polar surface area (TPSA) is 27.7 Å². The van der Waals surface area contributed by atoms with Gasteiger partial charge in [0.2, 0.25) is 0 Å². The minimum absolute atomic E-state index is 0.711. The third-order valence-electron chi connectivity index (χ3n) is 7.27. The maximum absolute atomic E-state index is 5.80. The van der Waals surface area contributed by atoms with Crippen LogP contribution in [-0.2, 0) is 19.3 Å². The van der Waals surface area contributed by atoms with Crippen molar-refractivity contribution in [2.75, 3.05) is 19.8 Å². The zero-order chi connectivity index (χ0) is 33.3. The van der Waals surface area contributed by atoms with Crippen molar-refractivity contribution >= 4 is 0 Å². The lowest BCUT2D eigenvalue weighted by Crippen LogP contribution is -2.03. The fourth-order valence-corrected chi connectivity index (χ4v) is 4.47. The summed E-state index contributed by atoms with van der Waals surface area (Å²) in [6.45, 7) is 22.4. The number of hydrogen-bond acceptors (Lipinski definition) is 3. The Hall–Kier alpha value is -2.94. The number of para-hydroxylation sites is 1. The predicted octanol–water partition coefficient (Wildman–Crippen LogP) is 12.2. The SMILES string of the molecule is CCCc1ccc(OCCC(C)C)cc1.CCCc1cccc(OCCC(C)C)c1.CCCc1ccccc1OCCC(C)C. The molecule has 0 heterocycles. The molecule has 3 rings (SSSR count). The van der Waals surface area contributed by atoms with Crippen LogP contribution < -0.4 is 14.2 Å². The van der Waals surface area contributed by atoms with E-state index in [1.807, 2.05) is 12.1 Å². The van der Waals surface area contributed by atoms with Crippen LogP contribution in [-0.4, -0.2) is 19.8 Å². The number of aryl methyl sites for hydroxylation is 3. The van der Waals surface area contributed by atoms with Crippen molar-refractivity contribution in [1.82, 2.24) is 0 Å². The summed E-state index contributed by atoms with van der Waals surface area (Å²) in [6, 6.07) is 25.3. The monoisotopic (exact) mass is 619 g/mol. The first kappa shape index (κ1) is 40.1. The first-order chi connectivity index (χ1) is 21.7. The molecule has 0 aliphatic heterocycles. The zero-order valence-corrected chi connectivity index (χ0v) is 30.4. The lowest BCUT2D eigenvalue weighted by atomic mass is 10.1. The van der Waals surface area contributed by atoms with E-state index in [0.717, 1.165) is 75.6 Å². The second-order valence-corrected chi connectivity index (χ2v) is 13.2.